The molecule has 0 saturated carbocycles. The fraction of sp³-hybridized carbons (Fsp3) is 0.571. The maximum Gasteiger partial charge on any atom is 0.129 e. The first kappa shape index (κ1) is 16.7. The average molecular weight is 307 g/mol. The molecule has 1 fully saturated rings. The molecule has 1 saturated heterocycles. The molecule has 0 bridgehead atoms. The Bertz CT molecular complexity index is 375. The third kappa shape index (κ3) is 4.92. The fourth-order valence-corrected chi connectivity index (χ4v) is 2.75. The second-order valence-corrected chi connectivity index (χ2v) is 5.50. The molecule has 1 aromatic rings. The Kier molecular flexibility index (Phi) is 7.08. The van der Waals surface area contributed by atoms with Crippen LogP contribution in [0.25, 0.3) is 0 Å². The molecule has 1 aromatic carbocycles. The summed E-state index contributed by atoms with van der Waals surface area (Å²) in [5, 5.41) is 3.88. The molecule has 0 atom stereocenters. The molecular formula is C14H21Cl2FN2. The zero-order valence-corrected chi connectivity index (χ0v) is 12.7. The van der Waals surface area contributed by atoms with Crippen LogP contribution in [0.1, 0.15) is 18.4 Å². The molecule has 1 aliphatic heterocycles. The summed E-state index contributed by atoms with van der Waals surface area (Å²) >= 11 is 6.04. The molecule has 1 aliphatic rings. The van der Waals surface area contributed by atoms with Crippen LogP contribution in [0.3, 0.4) is 0 Å². The lowest BCUT2D eigenvalue weighted by atomic mass is 9.97. The molecule has 19 heavy (non-hydrogen) atoms. The lowest BCUT2D eigenvalue weighted by molar-refractivity contribution is 0.232. The first-order valence-electron chi connectivity index (χ1n) is 6.49. The predicted octanol–water partition coefficient (Wildman–Crippen LogP) is 3.33. The second-order valence-electron chi connectivity index (χ2n) is 5.09. The van der Waals surface area contributed by atoms with E-state index in [4.69, 9.17) is 11.6 Å². The van der Waals surface area contributed by atoms with Gasteiger partial charge in [-0.3, -0.25) is 0 Å². The van der Waals surface area contributed by atoms with Crippen molar-refractivity contribution in [3.05, 3.63) is 34.6 Å². The number of nitrogens with one attached hydrogen (secondary N) is 1. The number of rotatable bonds is 4. The van der Waals surface area contributed by atoms with E-state index < -0.39 is 0 Å². The van der Waals surface area contributed by atoms with Gasteiger partial charge in [0.05, 0.1) is 0 Å². The maximum absolute atomic E-state index is 13.7. The molecule has 108 valence electrons. The van der Waals surface area contributed by atoms with Crippen LogP contribution in [0, 0.1) is 11.7 Å². The minimum absolute atomic E-state index is 0. The zero-order chi connectivity index (χ0) is 13.0. The highest BCUT2D eigenvalue weighted by molar-refractivity contribution is 6.31. The molecule has 0 aromatic heterocycles. The number of hydrogen-bond donors (Lipinski definition) is 1. The molecule has 0 spiro atoms. The maximum atomic E-state index is 13.7. The average Bonchev–Trinajstić information content (AvgIpc) is 2.35. The molecule has 0 aliphatic carbocycles. The van der Waals surface area contributed by atoms with Crippen LogP contribution >= 0.6 is 24.0 Å². The first-order valence-corrected chi connectivity index (χ1v) is 6.87. The first-order chi connectivity index (χ1) is 8.66. The van der Waals surface area contributed by atoms with Gasteiger partial charge in [-0.15, -0.1) is 12.4 Å². The minimum atomic E-state index is -0.209. The Balaban J connectivity index is 0.00000180. The molecule has 0 radical (unpaired) electrons. The van der Waals surface area contributed by atoms with Crippen LogP contribution in [-0.4, -0.2) is 31.6 Å². The predicted molar refractivity (Wildman–Crippen MR) is 80.6 cm³/mol. The Morgan fingerprint density at radius 2 is 2.05 bits per heavy atom. The topological polar surface area (TPSA) is 15.3 Å². The van der Waals surface area contributed by atoms with Crippen LogP contribution in [0.2, 0.25) is 5.02 Å². The van der Waals surface area contributed by atoms with Crippen molar-refractivity contribution in [2.75, 3.05) is 26.7 Å². The van der Waals surface area contributed by atoms with Gasteiger partial charge in [0.2, 0.25) is 0 Å². The van der Waals surface area contributed by atoms with E-state index in [1.54, 1.807) is 12.1 Å². The van der Waals surface area contributed by atoms with Crippen LogP contribution in [0.4, 0.5) is 4.39 Å². The number of halogens is 3. The van der Waals surface area contributed by atoms with Crippen molar-refractivity contribution in [1.29, 1.82) is 0 Å². The van der Waals surface area contributed by atoms with Crippen molar-refractivity contribution in [2.24, 2.45) is 5.92 Å². The monoisotopic (exact) mass is 306 g/mol. The minimum Gasteiger partial charge on any atom is -0.317 e. The SMILES string of the molecule is CN(Cc1c(F)cccc1Cl)CC1CCNCC1.Cl. The van der Waals surface area contributed by atoms with E-state index in [1.165, 1.54) is 18.9 Å². The van der Waals surface area contributed by atoms with E-state index >= 15 is 0 Å². The summed E-state index contributed by atoms with van der Waals surface area (Å²) in [4.78, 5) is 2.17. The third-order valence-electron chi connectivity index (χ3n) is 3.52. The van der Waals surface area contributed by atoms with E-state index in [9.17, 15) is 4.39 Å². The Hall–Kier alpha value is -0.350. The van der Waals surface area contributed by atoms with E-state index in [-0.39, 0.29) is 18.2 Å². The van der Waals surface area contributed by atoms with Crippen LogP contribution < -0.4 is 5.32 Å². The number of hydrogen-bond acceptors (Lipinski definition) is 2. The van der Waals surface area contributed by atoms with Crippen molar-refractivity contribution >= 4 is 24.0 Å². The highest BCUT2D eigenvalue weighted by Gasteiger charge is 2.16. The molecule has 0 unspecified atom stereocenters. The Labute approximate surface area is 125 Å². The Morgan fingerprint density at radius 3 is 2.68 bits per heavy atom. The van der Waals surface area contributed by atoms with Gasteiger partial charge in [0.1, 0.15) is 5.82 Å². The summed E-state index contributed by atoms with van der Waals surface area (Å²) in [6.45, 7) is 3.78. The normalized spacial score (nSPS) is 16.4. The van der Waals surface area contributed by atoms with Crippen LogP contribution in [0.15, 0.2) is 18.2 Å². The van der Waals surface area contributed by atoms with Gasteiger partial charge in [-0.2, -0.15) is 0 Å². The van der Waals surface area contributed by atoms with Crippen molar-refractivity contribution in [3.63, 3.8) is 0 Å². The quantitative estimate of drug-likeness (QED) is 0.918. The van der Waals surface area contributed by atoms with Gasteiger partial charge in [0.25, 0.3) is 0 Å². The fourth-order valence-electron chi connectivity index (χ4n) is 2.52. The van der Waals surface area contributed by atoms with Crippen molar-refractivity contribution in [2.45, 2.75) is 19.4 Å². The van der Waals surface area contributed by atoms with E-state index in [2.05, 4.69) is 10.2 Å². The zero-order valence-electron chi connectivity index (χ0n) is 11.2. The molecule has 1 heterocycles. The lowest BCUT2D eigenvalue weighted by Crippen LogP contribution is -2.34. The summed E-state index contributed by atoms with van der Waals surface area (Å²) in [6.07, 6.45) is 2.41. The van der Waals surface area contributed by atoms with Gasteiger partial charge < -0.3 is 10.2 Å². The van der Waals surface area contributed by atoms with Gasteiger partial charge in [0.15, 0.2) is 0 Å². The van der Waals surface area contributed by atoms with Crippen LogP contribution in [-0.2, 0) is 6.54 Å². The molecule has 0 amide bonds. The van der Waals surface area contributed by atoms with Gasteiger partial charge >= 0.3 is 0 Å². The summed E-state index contributed by atoms with van der Waals surface area (Å²) in [5.41, 5.74) is 0.607. The van der Waals surface area contributed by atoms with E-state index in [1.807, 2.05) is 7.05 Å². The van der Waals surface area contributed by atoms with Gasteiger partial charge in [-0.1, -0.05) is 17.7 Å². The summed E-state index contributed by atoms with van der Waals surface area (Å²) in [5.74, 6) is 0.501. The Morgan fingerprint density at radius 1 is 1.37 bits per heavy atom. The summed E-state index contributed by atoms with van der Waals surface area (Å²) in [6, 6.07) is 4.87. The lowest BCUT2D eigenvalue weighted by Gasteiger charge is -2.27. The number of piperidine rings is 1. The van der Waals surface area contributed by atoms with Crippen molar-refractivity contribution in [3.8, 4) is 0 Å². The largest absolute Gasteiger partial charge is 0.317 e. The highest BCUT2D eigenvalue weighted by atomic mass is 35.5. The smallest absolute Gasteiger partial charge is 0.129 e. The van der Waals surface area contributed by atoms with Crippen molar-refractivity contribution < 1.29 is 4.39 Å². The standard InChI is InChI=1S/C14H20ClFN2.ClH/c1-18(9-11-5-7-17-8-6-11)10-12-13(15)3-2-4-14(12)16;/h2-4,11,17H,5-10H2,1H3;1H. The third-order valence-corrected chi connectivity index (χ3v) is 3.87. The number of nitrogens with zero attached hydrogens (tertiary/aromatic N) is 1. The van der Waals surface area contributed by atoms with Gasteiger partial charge in [-0.25, -0.2) is 4.39 Å². The van der Waals surface area contributed by atoms with Crippen LogP contribution in [0.5, 0.6) is 0 Å². The van der Waals surface area contributed by atoms with Gasteiger partial charge in [-0.05, 0) is 51.0 Å². The molecule has 1 N–H and O–H groups in total. The second kappa shape index (κ2) is 8.05. The highest BCUT2D eigenvalue weighted by Crippen LogP contribution is 2.21. The summed E-state index contributed by atoms with van der Waals surface area (Å²) in [7, 11) is 2.03. The van der Waals surface area contributed by atoms with Gasteiger partial charge in [0, 0.05) is 23.7 Å². The molecule has 2 rings (SSSR count). The van der Waals surface area contributed by atoms with E-state index in [0.29, 0.717) is 23.0 Å². The number of benzene rings is 1. The molecular weight excluding hydrogens is 286 g/mol. The molecule has 2 nitrogen and oxygen atoms in total. The molecule has 5 heteroatoms. The van der Waals surface area contributed by atoms with E-state index in [0.717, 1.165) is 19.6 Å². The summed E-state index contributed by atoms with van der Waals surface area (Å²) < 4.78 is 13.7. The van der Waals surface area contributed by atoms with Crippen molar-refractivity contribution in [1.82, 2.24) is 10.2 Å².